The van der Waals surface area contributed by atoms with Crippen molar-refractivity contribution in [3.8, 4) is 5.69 Å². The standard InChI is InChI=1S/C21H18ClN5O2S/c1-2-13-6-8-15(9-7-13)24-18(28)12-30-21-25-19-17(20(29)26-21)11-23-27(19)16-5-3-4-14(22)10-16/h3-11H,2,12H2,1H3,(H,24,28)(H,25,26,29). The van der Waals surface area contributed by atoms with Crippen LogP contribution in [0.1, 0.15) is 12.5 Å². The fraction of sp³-hybridized carbons (Fsp3) is 0.143. The van der Waals surface area contributed by atoms with Crippen LogP contribution in [0.4, 0.5) is 5.69 Å². The van der Waals surface area contributed by atoms with E-state index >= 15 is 0 Å². The zero-order chi connectivity index (χ0) is 21.1. The highest BCUT2D eigenvalue weighted by atomic mass is 35.5. The predicted octanol–water partition coefficient (Wildman–Crippen LogP) is 4.06. The molecule has 0 spiro atoms. The lowest BCUT2D eigenvalue weighted by Crippen LogP contribution is -2.15. The molecule has 1 amide bonds. The monoisotopic (exact) mass is 439 g/mol. The molecule has 0 saturated carbocycles. The highest BCUT2D eigenvalue weighted by molar-refractivity contribution is 7.99. The van der Waals surface area contributed by atoms with Crippen molar-refractivity contribution in [2.75, 3.05) is 11.1 Å². The first kappa shape index (κ1) is 20.2. The van der Waals surface area contributed by atoms with Gasteiger partial charge in [-0.2, -0.15) is 5.10 Å². The molecule has 2 heterocycles. The van der Waals surface area contributed by atoms with Crippen LogP contribution in [0.3, 0.4) is 0 Å². The predicted molar refractivity (Wildman–Crippen MR) is 120 cm³/mol. The quantitative estimate of drug-likeness (QED) is 0.349. The largest absolute Gasteiger partial charge is 0.325 e. The van der Waals surface area contributed by atoms with Crippen LogP contribution in [0.15, 0.2) is 64.7 Å². The van der Waals surface area contributed by atoms with Crippen LogP contribution in [0.25, 0.3) is 16.7 Å². The van der Waals surface area contributed by atoms with E-state index in [-0.39, 0.29) is 17.2 Å². The summed E-state index contributed by atoms with van der Waals surface area (Å²) in [4.78, 5) is 31.9. The number of hydrogen-bond acceptors (Lipinski definition) is 5. The number of nitrogens with one attached hydrogen (secondary N) is 2. The first-order chi connectivity index (χ1) is 14.5. The van der Waals surface area contributed by atoms with E-state index in [9.17, 15) is 9.59 Å². The van der Waals surface area contributed by atoms with Crippen molar-refractivity contribution in [2.24, 2.45) is 0 Å². The number of carbonyl (C=O) groups excluding carboxylic acids is 1. The van der Waals surface area contributed by atoms with E-state index in [1.807, 2.05) is 30.3 Å². The maximum absolute atomic E-state index is 12.4. The summed E-state index contributed by atoms with van der Waals surface area (Å²) in [6.45, 7) is 2.08. The van der Waals surface area contributed by atoms with Crippen molar-refractivity contribution >= 4 is 46.0 Å². The Morgan fingerprint density at radius 1 is 1.23 bits per heavy atom. The summed E-state index contributed by atoms with van der Waals surface area (Å²) in [6, 6.07) is 14.8. The number of rotatable bonds is 6. The summed E-state index contributed by atoms with van der Waals surface area (Å²) in [7, 11) is 0. The Morgan fingerprint density at radius 3 is 2.77 bits per heavy atom. The number of nitrogens with zero attached hydrogens (tertiary/aromatic N) is 3. The average Bonchev–Trinajstić information content (AvgIpc) is 3.17. The second-order valence-electron chi connectivity index (χ2n) is 6.53. The molecular weight excluding hydrogens is 422 g/mol. The van der Waals surface area contributed by atoms with Gasteiger partial charge in [0, 0.05) is 10.7 Å². The fourth-order valence-electron chi connectivity index (χ4n) is 2.92. The molecule has 0 aliphatic heterocycles. The summed E-state index contributed by atoms with van der Waals surface area (Å²) < 4.78 is 1.55. The number of aromatic nitrogens is 4. The molecule has 0 saturated heterocycles. The molecule has 2 aromatic heterocycles. The number of hydrogen-bond donors (Lipinski definition) is 2. The summed E-state index contributed by atoms with van der Waals surface area (Å²) in [6.07, 6.45) is 2.40. The molecule has 4 aromatic rings. The normalized spacial score (nSPS) is 11.0. The molecule has 2 aromatic carbocycles. The zero-order valence-corrected chi connectivity index (χ0v) is 17.6. The van der Waals surface area contributed by atoms with Gasteiger partial charge in [-0.05, 0) is 42.3 Å². The lowest BCUT2D eigenvalue weighted by Gasteiger charge is -2.07. The third-order valence-electron chi connectivity index (χ3n) is 4.46. The molecule has 0 unspecified atom stereocenters. The van der Waals surface area contributed by atoms with Gasteiger partial charge in [0.25, 0.3) is 5.56 Å². The Hall–Kier alpha value is -3.10. The Kier molecular flexibility index (Phi) is 5.87. The van der Waals surface area contributed by atoms with Crippen LogP contribution < -0.4 is 10.9 Å². The van der Waals surface area contributed by atoms with E-state index < -0.39 is 0 Å². The number of amides is 1. The zero-order valence-electron chi connectivity index (χ0n) is 16.1. The van der Waals surface area contributed by atoms with Crippen molar-refractivity contribution in [3.63, 3.8) is 0 Å². The van der Waals surface area contributed by atoms with Gasteiger partial charge in [-0.3, -0.25) is 9.59 Å². The molecule has 0 atom stereocenters. The number of benzene rings is 2. The lowest BCUT2D eigenvalue weighted by atomic mass is 10.1. The molecule has 0 radical (unpaired) electrons. The molecule has 0 fully saturated rings. The van der Waals surface area contributed by atoms with Crippen molar-refractivity contribution in [3.05, 3.63) is 75.7 Å². The van der Waals surface area contributed by atoms with Gasteiger partial charge in [0.05, 0.1) is 17.6 Å². The molecular formula is C21H18ClN5O2S. The van der Waals surface area contributed by atoms with Crippen LogP contribution in [-0.2, 0) is 11.2 Å². The number of H-pyrrole nitrogens is 1. The van der Waals surface area contributed by atoms with Crippen LogP contribution in [-0.4, -0.2) is 31.4 Å². The second kappa shape index (κ2) is 8.73. The van der Waals surface area contributed by atoms with Crippen molar-refractivity contribution in [1.82, 2.24) is 19.7 Å². The molecule has 30 heavy (non-hydrogen) atoms. The minimum absolute atomic E-state index is 0.106. The van der Waals surface area contributed by atoms with Gasteiger partial charge in [-0.1, -0.05) is 48.5 Å². The van der Waals surface area contributed by atoms with E-state index in [0.717, 1.165) is 23.9 Å². The first-order valence-electron chi connectivity index (χ1n) is 9.29. The first-order valence-corrected chi connectivity index (χ1v) is 10.7. The average molecular weight is 440 g/mol. The molecule has 4 rings (SSSR count). The second-order valence-corrected chi connectivity index (χ2v) is 7.93. The summed E-state index contributed by atoms with van der Waals surface area (Å²) in [5.74, 6) is -0.0784. The van der Waals surface area contributed by atoms with E-state index in [0.29, 0.717) is 26.9 Å². The van der Waals surface area contributed by atoms with Gasteiger partial charge in [-0.15, -0.1) is 0 Å². The summed E-state index contributed by atoms with van der Waals surface area (Å²) in [5, 5.41) is 8.36. The number of thioether (sulfide) groups is 1. The van der Waals surface area contributed by atoms with Crippen LogP contribution >= 0.6 is 23.4 Å². The maximum Gasteiger partial charge on any atom is 0.262 e. The Labute approximate surface area is 181 Å². The highest BCUT2D eigenvalue weighted by Gasteiger charge is 2.13. The van der Waals surface area contributed by atoms with E-state index in [2.05, 4.69) is 27.3 Å². The molecule has 0 aliphatic carbocycles. The minimum Gasteiger partial charge on any atom is -0.325 e. The minimum atomic E-state index is -0.314. The highest BCUT2D eigenvalue weighted by Crippen LogP contribution is 2.20. The summed E-state index contributed by atoms with van der Waals surface area (Å²) in [5.41, 5.74) is 2.72. The van der Waals surface area contributed by atoms with Gasteiger partial charge in [0.1, 0.15) is 5.39 Å². The van der Waals surface area contributed by atoms with Crippen molar-refractivity contribution in [1.29, 1.82) is 0 Å². The Balaban J connectivity index is 1.52. The number of halogens is 1. The Morgan fingerprint density at radius 2 is 2.03 bits per heavy atom. The Bertz CT molecular complexity index is 1270. The molecule has 7 nitrogen and oxygen atoms in total. The number of carbonyl (C=O) groups is 1. The third kappa shape index (κ3) is 4.39. The molecule has 0 bridgehead atoms. The smallest absolute Gasteiger partial charge is 0.262 e. The molecule has 2 N–H and O–H groups in total. The van der Waals surface area contributed by atoms with Crippen molar-refractivity contribution in [2.45, 2.75) is 18.5 Å². The van der Waals surface area contributed by atoms with E-state index in [4.69, 9.17) is 11.6 Å². The van der Waals surface area contributed by atoms with Crippen LogP contribution in [0, 0.1) is 0 Å². The lowest BCUT2D eigenvalue weighted by molar-refractivity contribution is -0.113. The number of fused-ring (bicyclic) bond motifs is 1. The van der Waals surface area contributed by atoms with Gasteiger partial charge in [-0.25, -0.2) is 9.67 Å². The van der Waals surface area contributed by atoms with Crippen LogP contribution in [0.5, 0.6) is 0 Å². The van der Waals surface area contributed by atoms with Crippen LogP contribution in [0.2, 0.25) is 5.02 Å². The van der Waals surface area contributed by atoms with Gasteiger partial charge >= 0.3 is 0 Å². The van der Waals surface area contributed by atoms with Gasteiger partial charge in [0.2, 0.25) is 5.91 Å². The SMILES string of the molecule is CCc1ccc(NC(=O)CSc2nc3c(cnn3-c3cccc(Cl)c3)c(=O)[nH]2)cc1. The third-order valence-corrected chi connectivity index (χ3v) is 5.56. The number of aromatic amines is 1. The van der Waals surface area contributed by atoms with E-state index in [1.54, 1.807) is 22.9 Å². The van der Waals surface area contributed by atoms with E-state index in [1.165, 1.54) is 11.8 Å². The van der Waals surface area contributed by atoms with Gasteiger partial charge < -0.3 is 10.3 Å². The van der Waals surface area contributed by atoms with Crippen molar-refractivity contribution < 1.29 is 4.79 Å². The number of aryl methyl sites for hydroxylation is 1. The molecule has 0 aliphatic rings. The summed E-state index contributed by atoms with van der Waals surface area (Å²) >= 11 is 7.21. The maximum atomic E-state index is 12.4. The fourth-order valence-corrected chi connectivity index (χ4v) is 3.76. The number of anilines is 1. The molecule has 152 valence electrons. The topological polar surface area (TPSA) is 92.7 Å². The molecule has 9 heteroatoms. The van der Waals surface area contributed by atoms with Gasteiger partial charge in [0.15, 0.2) is 10.8 Å².